The first-order chi connectivity index (χ1) is 7.75. The molecule has 0 aliphatic carbocycles. The Bertz CT molecular complexity index is 351. The van der Waals surface area contributed by atoms with Gasteiger partial charge in [-0.3, -0.25) is 0 Å². The van der Waals surface area contributed by atoms with E-state index < -0.39 is 0 Å². The number of nitrogens with two attached hydrogens (primary N) is 1. The molecule has 0 aromatic heterocycles. The first-order valence-electron chi connectivity index (χ1n) is 5.64. The van der Waals surface area contributed by atoms with E-state index in [0.717, 1.165) is 18.2 Å². The number of nitrogen functional groups attached to an aromatic ring is 1. The first-order valence-corrected chi connectivity index (χ1v) is 7.00. The highest BCUT2D eigenvalue weighted by Crippen LogP contribution is 2.28. The fourth-order valence-electron chi connectivity index (χ4n) is 1.88. The van der Waals surface area contributed by atoms with Crippen molar-refractivity contribution in [2.24, 2.45) is 5.92 Å². The van der Waals surface area contributed by atoms with Gasteiger partial charge in [0.2, 0.25) is 0 Å². The lowest BCUT2D eigenvalue weighted by Crippen LogP contribution is -2.30. The minimum absolute atomic E-state index is 0.658. The topological polar surface area (TPSA) is 38.0 Å². The van der Waals surface area contributed by atoms with Crippen LogP contribution in [0.15, 0.2) is 23.1 Å². The molecule has 0 saturated carbocycles. The molecule has 1 heterocycles. The average Bonchev–Trinajstić information content (AvgIpc) is 2.32. The second kappa shape index (κ2) is 5.80. The Morgan fingerprint density at radius 1 is 1.50 bits per heavy atom. The van der Waals surface area contributed by atoms with Gasteiger partial charge in [0.1, 0.15) is 0 Å². The highest BCUT2D eigenvalue weighted by molar-refractivity contribution is 7.99. The van der Waals surface area contributed by atoms with Crippen molar-refractivity contribution in [1.82, 2.24) is 5.32 Å². The van der Waals surface area contributed by atoms with Gasteiger partial charge >= 0.3 is 0 Å². The molecule has 88 valence electrons. The maximum atomic E-state index is 5.98. The molecule has 2 nitrogen and oxygen atoms in total. The van der Waals surface area contributed by atoms with Gasteiger partial charge < -0.3 is 11.1 Å². The van der Waals surface area contributed by atoms with Crippen LogP contribution in [0.5, 0.6) is 0 Å². The van der Waals surface area contributed by atoms with Crippen molar-refractivity contribution in [3.8, 4) is 0 Å². The molecular weight excluding hydrogens is 240 g/mol. The van der Waals surface area contributed by atoms with Gasteiger partial charge in [0, 0.05) is 10.6 Å². The molecule has 1 fully saturated rings. The van der Waals surface area contributed by atoms with Crippen LogP contribution in [0.2, 0.25) is 5.02 Å². The molecule has 0 bridgehead atoms. The van der Waals surface area contributed by atoms with Crippen molar-refractivity contribution in [2.75, 3.05) is 24.6 Å². The van der Waals surface area contributed by atoms with E-state index in [9.17, 15) is 0 Å². The van der Waals surface area contributed by atoms with Gasteiger partial charge in [0.05, 0.1) is 10.7 Å². The molecule has 1 saturated heterocycles. The molecule has 0 radical (unpaired) electrons. The minimum atomic E-state index is 0.658. The lowest BCUT2D eigenvalue weighted by Gasteiger charge is -2.22. The van der Waals surface area contributed by atoms with Crippen LogP contribution in [0.3, 0.4) is 0 Å². The number of thioether (sulfide) groups is 1. The molecule has 1 aromatic rings. The van der Waals surface area contributed by atoms with E-state index in [4.69, 9.17) is 17.3 Å². The van der Waals surface area contributed by atoms with Gasteiger partial charge in [-0.05, 0) is 50.0 Å². The summed E-state index contributed by atoms with van der Waals surface area (Å²) in [4.78, 5) is 1.21. The van der Waals surface area contributed by atoms with Crippen molar-refractivity contribution in [3.05, 3.63) is 23.2 Å². The first kappa shape index (κ1) is 12.1. The lowest BCUT2D eigenvalue weighted by molar-refractivity contribution is 0.410. The molecular formula is C12H17ClN2S. The molecule has 1 aliphatic rings. The largest absolute Gasteiger partial charge is 0.398 e. The molecule has 2 rings (SSSR count). The number of halogens is 1. The van der Waals surface area contributed by atoms with Crippen LogP contribution in [0, 0.1) is 5.92 Å². The zero-order valence-electron chi connectivity index (χ0n) is 9.21. The van der Waals surface area contributed by atoms with Crippen molar-refractivity contribution in [3.63, 3.8) is 0 Å². The molecule has 1 aliphatic heterocycles. The molecule has 1 aromatic carbocycles. The van der Waals surface area contributed by atoms with Crippen LogP contribution in [0.1, 0.15) is 12.8 Å². The third-order valence-corrected chi connectivity index (χ3v) is 4.41. The highest BCUT2D eigenvalue weighted by Gasteiger charge is 2.13. The van der Waals surface area contributed by atoms with Crippen LogP contribution >= 0.6 is 23.4 Å². The Morgan fingerprint density at radius 2 is 2.38 bits per heavy atom. The molecule has 16 heavy (non-hydrogen) atoms. The monoisotopic (exact) mass is 256 g/mol. The van der Waals surface area contributed by atoms with Gasteiger partial charge in [-0.25, -0.2) is 0 Å². The average molecular weight is 257 g/mol. The van der Waals surface area contributed by atoms with E-state index >= 15 is 0 Å². The van der Waals surface area contributed by atoms with E-state index in [2.05, 4.69) is 5.32 Å². The Balaban J connectivity index is 1.86. The van der Waals surface area contributed by atoms with Crippen molar-refractivity contribution in [1.29, 1.82) is 0 Å². The number of nitrogens with one attached hydrogen (secondary N) is 1. The summed E-state index contributed by atoms with van der Waals surface area (Å²) < 4.78 is 0. The smallest absolute Gasteiger partial charge is 0.0646 e. The summed E-state index contributed by atoms with van der Waals surface area (Å²) in [5.74, 6) is 1.95. The molecule has 0 spiro atoms. The Hall–Kier alpha value is -0.380. The molecule has 3 N–H and O–H groups in total. The van der Waals surface area contributed by atoms with E-state index in [1.54, 1.807) is 0 Å². The summed E-state index contributed by atoms with van der Waals surface area (Å²) >= 11 is 7.85. The third-order valence-electron chi connectivity index (χ3n) is 2.86. The van der Waals surface area contributed by atoms with Gasteiger partial charge in [0.15, 0.2) is 0 Å². The van der Waals surface area contributed by atoms with Crippen LogP contribution in [-0.2, 0) is 0 Å². The summed E-state index contributed by atoms with van der Waals surface area (Å²) in [6.07, 6.45) is 2.64. The number of piperidine rings is 1. The predicted octanol–water partition coefficient (Wildman–Crippen LogP) is 3.01. The normalized spacial score (nSPS) is 20.9. The van der Waals surface area contributed by atoms with Crippen molar-refractivity contribution >= 4 is 29.1 Å². The second-order valence-electron chi connectivity index (χ2n) is 4.21. The van der Waals surface area contributed by atoms with Gasteiger partial charge in [-0.15, -0.1) is 11.8 Å². The van der Waals surface area contributed by atoms with Gasteiger partial charge in [-0.1, -0.05) is 11.6 Å². The van der Waals surface area contributed by atoms with Crippen LogP contribution in [-0.4, -0.2) is 18.8 Å². The standard InChI is InChI=1S/C12H17ClN2S/c13-11-6-10(3-4-12(11)14)16-8-9-2-1-5-15-7-9/h3-4,6,9,15H,1-2,5,7-8,14H2. The van der Waals surface area contributed by atoms with Crippen molar-refractivity contribution in [2.45, 2.75) is 17.7 Å². The van der Waals surface area contributed by atoms with Crippen molar-refractivity contribution < 1.29 is 0 Å². The Kier molecular flexibility index (Phi) is 4.38. The number of hydrogen-bond donors (Lipinski definition) is 2. The summed E-state index contributed by atoms with van der Waals surface area (Å²) in [6, 6.07) is 5.88. The number of benzene rings is 1. The summed E-state index contributed by atoms with van der Waals surface area (Å²) in [5, 5.41) is 4.09. The zero-order valence-corrected chi connectivity index (χ0v) is 10.8. The summed E-state index contributed by atoms with van der Waals surface area (Å²) in [7, 11) is 0. The predicted molar refractivity (Wildman–Crippen MR) is 72.2 cm³/mol. The SMILES string of the molecule is Nc1ccc(SCC2CCCNC2)cc1Cl. The van der Waals surface area contributed by atoms with Gasteiger partial charge in [0.25, 0.3) is 0 Å². The van der Waals surface area contributed by atoms with Gasteiger partial charge in [-0.2, -0.15) is 0 Å². The Morgan fingerprint density at radius 3 is 3.06 bits per heavy atom. The maximum Gasteiger partial charge on any atom is 0.0646 e. The van der Waals surface area contributed by atoms with E-state index in [1.165, 1.54) is 24.3 Å². The minimum Gasteiger partial charge on any atom is -0.398 e. The molecule has 1 atom stereocenters. The fraction of sp³-hybridized carbons (Fsp3) is 0.500. The highest BCUT2D eigenvalue weighted by atomic mass is 35.5. The van der Waals surface area contributed by atoms with Crippen LogP contribution in [0.4, 0.5) is 5.69 Å². The summed E-state index contributed by atoms with van der Waals surface area (Å²) in [6.45, 7) is 2.32. The number of anilines is 1. The zero-order chi connectivity index (χ0) is 11.4. The molecule has 0 amide bonds. The lowest BCUT2D eigenvalue weighted by atomic mass is 10.0. The molecule has 4 heteroatoms. The van der Waals surface area contributed by atoms with E-state index in [-0.39, 0.29) is 0 Å². The Labute approximate surface area is 106 Å². The van der Waals surface area contributed by atoms with E-state index in [0.29, 0.717) is 10.7 Å². The fourth-order valence-corrected chi connectivity index (χ4v) is 3.20. The van der Waals surface area contributed by atoms with E-state index in [1.807, 2.05) is 30.0 Å². The third kappa shape index (κ3) is 3.30. The second-order valence-corrected chi connectivity index (χ2v) is 5.71. The number of hydrogen-bond acceptors (Lipinski definition) is 3. The summed E-state index contributed by atoms with van der Waals surface area (Å²) in [5.41, 5.74) is 6.33. The molecule has 1 unspecified atom stereocenters. The maximum absolute atomic E-state index is 5.98. The van der Waals surface area contributed by atoms with Crippen LogP contribution < -0.4 is 11.1 Å². The number of rotatable bonds is 3. The van der Waals surface area contributed by atoms with Crippen LogP contribution in [0.25, 0.3) is 0 Å². The quantitative estimate of drug-likeness (QED) is 0.645.